The van der Waals surface area contributed by atoms with E-state index >= 15 is 0 Å². The lowest BCUT2D eigenvalue weighted by Gasteiger charge is -2.20. The number of nitrogens with one attached hydrogen (secondary N) is 1. The van der Waals surface area contributed by atoms with Crippen molar-refractivity contribution in [1.29, 1.82) is 5.41 Å². The lowest BCUT2D eigenvalue weighted by atomic mass is 10.1. The lowest BCUT2D eigenvalue weighted by molar-refractivity contribution is 1.04. The first-order chi connectivity index (χ1) is 8.27. The van der Waals surface area contributed by atoms with Crippen molar-refractivity contribution in [1.82, 2.24) is 0 Å². The molecule has 0 saturated carbocycles. The zero-order valence-electron chi connectivity index (χ0n) is 9.77. The third-order valence-electron chi connectivity index (χ3n) is 3.28. The second kappa shape index (κ2) is 3.74. The Morgan fingerprint density at radius 2 is 1.71 bits per heavy atom. The number of fused-ring (bicyclic) bond motifs is 1. The maximum atomic E-state index is 8.25. The van der Waals surface area contributed by atoms with Crippen LogP contribution in [0.3, 0.4) is 0 Å². The summed E-state index contributed by atoms with van der Waals surface area (Å²) < 4.78 is 0. The Bertz CT molecular complexity index is 587. The van der Waals surface area contributed by atoms with Crippen molar-refractivity contribution in [2.24, 2.45) is 0 Å². The fraction of sp³-hybridized carbons (Fsp3) is 0.133. The number of aryl methyl sites for hydroxylation is 1. The van der Waals surface area contributed by atoms with E-state index in [0.717, 1.165) is 17.8 Å². The average Bonchev–Trinajstić information content (AvgIpc) is 2.68. The number of nitrogens with zero attached hydrogens (tertiary/aromatic N) is 1. The molecule has 0 radical (unpaired) electrons. The zero-order valence-corrected chi connectivity index (χ0v) is 9.77. The second-order valence-corrected chi connectivity index (χ2v) is 4.38. The van der Waals surface area contributed by atoms with Gasteiger partial charge in [-0.2, -0.15) is 0 Å². The van der Waals surface area contributed by atoms with Gasteiger partial charge in [-0.3, -0.25) is 5.41 Å². The molecular formula is C15H14N2. The molecule has 1 aliphatic heterocycles. The highest BCUT2D eigenvalue weighted by atomic mass is 15.2. The van der Waals surface area contributed by atoms with Crippen molar-refractivity contribution in [3.05, 3.63) is 65.2 Å². The number of hydrogen-bond acceptors (Lipinski definition) is 1. The first kappa shape index (κ1) is 10.1. The van der Waals surface area contributed by atoms with Crippen LogP contribution in [0, 0.1) is 12.3 Å². The van der Waals surface area contributed by atoms with Gasteiger partial charge in [-0.25, -0.2) is 0 Å². The Kier molecular flexibility index (Phi) is 2.22. The summed E-state index contributed by atoms with van der Waals surface area (Å²) in [5, 5.41) is 8.25. The van der Waals surface area contributed by atoms with Gasteiger partial charge >= 0.3 is 0 Å². The molecule has 17 heavy (non-hydrogen) atoms. The van der Waals surface area contributed by atoms with Gasteiger partial charge in [-0.15, -0.1) is 0 Å². The number of rotatable bonds is 1. The molecule has 0 unspecified atom stereocenters. The number of anilines is 1. The lowest BCUT2D eigenvalue weighted by Crippen LogP contribution is -2.23. The van der Waals surface area contributed by atoms with Gasteiger partial charge in [-0.05, 0) is 24.1 Å². The molecule has 3 rings (SSSR count). The molecule has 0 atom stereocenters. The highest BCUT2D eigenvalue weighted by Crippen LogP contribution is 2.29. The molecule has 0 aliphatic carbocycles. The molecule has 2 aromatic carbocycles. The minimum absolute atomic E-state index is 0.606. The van der Waals surface area contributed by atoms with Gasteiger partial charge in [0.05, 0.1) is 6.54 Å². The third-order valence-corrected chi connectivity index (χ3v) is 3.28. The second-order valence-electron chi connectivity index (χ2n) is 4.38. The summed E-state index contributed by atoms with van der Waals surface area (Å²) in [4.78, 5) is 2.07. The van der Waals surface area contributed by atoms with E-state index in [0.29, 0.717) is 5.84 Å². The number of benzene rings is 2. The van der Waals surface area contributed by atoms with Crippen LogP contribution >= 0.6 is 0 Å². The number of hydrogen-bond donors (Lipinski definition) is 1. The molecule has 0 fully saturated rings. The zero-order chi connectivity index (χ0) is 11.8. The monoisotopic (exact) mass is 222 g/mol. The predicted molar refractivity (Wildman–Crippen MR) is 70.6 cm³/mol. The van der Waals surface area contributed by atoms with Gasteiger partial charge in [0.15, 0.2) is 0 Å². The van der Waals surface area contributed by atoms with E-state index < -0.39 is 0 Å². The molecule has 2 aromatic rings. The highest BCUT2D eigenvalue weighted by Gasteiger charge is 2.25. The highest BCUT2D eigenvalue weighted by molar-refractivity contribution is 6.11. The maximum Gasteiger partial charge on any atom is 0.133 e. The summed E-state index contributed by atoms with van der Waals surface area (Å²) in [7, 11) is 0. The van der Waals surface area contributed by atoms with Gasteiger partial charge in [0.1, 0.15) is 5.84 Å². The Labute approximate surface area is 101 Å². The van der Waals surface area contributed by atoms with Crippen LogP contribution in [0.2, 0.25) is 0 Å². The van der Waals surface area contributed by atoms with Crippen LogP contribution in [0.4, 0.5) is 5.69 Å². The van der Waals surface area contributed by atoms with E-state index in [1.807, 2.05) is 30.3 Å². The van der Waals surface area contributed by atoms with Crippen LogP contribution in [0.15, 0.2) is 48.5 Å². The summed E-state index contributed by atoms with van der Waals surface area (Å²) >= 11 is 0. The largest absolute Gasteiger partial charge is 0.322 e. The molecule has 0 saturated heterocycles. The van der Waals surface area contributed by atoms with Crippen LogP contribution < -0.4 is 4.90 Å². The Hall–Kier alpha value is -2.09. The molecule has 0 aromatic heterocycles. The van der Waals surface area contributed by atoms with E-state index in [-0.39, 0.29) is 0 Å². The van der Waals surface area contributed by atoms with Crippen LogP contribution in [0.1, 0.15) is 16.7 Å². The van der Waals surface area contributed by atoms with Crippen molar-refractivity contribution in [2.45, 2.75) is 13.5 Å². The van der Waals surface area contributed by atoms with Crippen LogP contribution in [0.5, 0.6) is 0 Å². The molecule has 84 valence electrons. The van der Waals surface area contributed by atoms with E-state index in [9.17, 15) is 0 Å². The summed E-state index contributed by atoms with van der Waals surface area (Å²) in [6.07, 6.45) is 0. The molecule has 0 amide bonds. The van der Waals surface area contributed by atoms with E-state index in [1.54, 1.807) is 0 Å². The normalized spacial score (nSPS) is 13.9. The molecule has 2 heteroatoms. The maximum absolute atomic E-state index is 8.25. The Morgan fingerprint density at radius 3 is 2.47 bits per heavy atom. The molecular weight excluding hydrogens is 208 g/mol. The molecule has 2 nitrogen and oxygen atoms in total. The fourth-order valence-electron chi connectivity index (χ4n) is 2.36. The summed E-state index contributed by atoms with van der Waals surface area (Å²) in [6, 6.07) is 16.4. The summed E-state index contributed by atoms with van der Waals surface area (Å²) in [5.74, 6) is 0.606. The van der Waals surface area contributed by atoms with Crippen molar-refractivity contribution < 1.29 is 0 Å². The minimum Gasteiger partial charge on any atom is -0.322 e. The third kappa shape index (κ3) is 1.53. The SMILES string of the molecule is Cc1ccccc1N1Cc2ccccc2C1=N. The van der Waals surface area contributed by atoms with Crippen molar-refractivity contribution in [2.75, 3.05) is 4.90 Å². The Morgan fingerprint density at radius 1 is 1.00 bits per heavy atom. The topological polar surface area (TPSA) is 27.1 Å². The number of para-hydroxylation sites is 1. The standard InChI is InChI=1S/C15H14N2/c1-11-6-2-5-9-14(11)17-10-12-7-3-4-8-13(12)15(17)16/h2-9,16H,10H2,1H3. The molecule has 1 heterocycles. The summed E-state index contributed by atoms with van der Waals surface area (Å²) in [6.45, 7) is 2.89. The van der Waals surface area contributed by atoms with Crippen LogP contribution in [-0.2, 0) is 6.54 Å². The van der Waals surface area contributed by atoms with E-state index in [4.69, 9.17) is 5.41 Å². The van der Waals surface area contributed by atoms with Gasteiger partial charge in [0, 0.05) is 11.3 Å². The van der Waals surface area contributed by atoms with Gasteiger partial charge in [0.25, 0.3) is 0 Å². The smallest absolute Gasteiger partial charge is 0.133 e. The quantitative estimate of drug-likeness (QED) is 0.787. The first-order valence-corrected chi connectivity index (χ1v) is 5.77. The van der Waals surface area contributed by atoms with Crippen molar-refractivity contribution >= 4 is 11.5 Å². The molecule has 0 bridgehead atoms. The Balaban J connectivity index is 2.05. The van der Waals surface area contributed by atoms with Crippen LogP contribution in [0.25, 0.3) is 0 Å². The summed E-state index contributed by atoms with van der Waals surface area (Å²) in [5.41, 5.74) is 4.63. The van der Waals surface area contributed by atoms with Gasteiger partial charge in [-0.1, -0.05) is 42.5 Å². The number of amidine groups is 1. The van der Waals surface area contributed by atoms with Crippen molar-refractivity contribution in [3.8, 4) is 0 Å². The van der Waals surface area contributed by atoms with E-state index in [2.05, 4.69) is 30.0 Å². The molecule has 0 spiro atoms. The van der Waals surface area contributed by atoms with Crippen LogP contribution in [-0.4, -0.2) is 5.84 Å². The van der Waals surface area contributed by atoms with Gasteiger partial charge < -0.3 is 4.90 Å². The van der Waals surface area contributed by atoms with Gasteiger partial charge in [0.2, 0.25) is 0 Å². The molecule has 1 N–H and O–H groups in total. The van der Waals surface area contributed by atoms with E-state index in [1.165, 1.54) is 11.1 Å². The van der Waals surface area contributed by atoms with Crippen molar-refractivity contribution in [3.63, 3.8) is 0 Å². The predicted octanol–water partition coefficient (Wildman–Crippen LogP) is 3.34. The fourth-order valence-corrected chi connectivity index (χ4v) is 2.36. The minimum atomic E-state index is 0.606. The first-order valence-electron chi connectivity index (χ1n) is 5.77. The molecule has 1 aliphatic rings. The average molecular weight is 222 g/mol.